The zero-order chi connectivity index (χ0) is 16.8. The summed E-state index contributed by atoms with van der Waals surface area (Å²) in [4.78, 5) is 24.0. The van der Waals surface area contributed by atoms with Crippen LogP contribution in [0, 0.1) is 6.92 Å². The lowest BCUT2D eigenvalue weighted by Gasteiger charge is -2.12. The number of nitrogens with one attached hydrogen (secondary N) is 2. The first-order chi connectivity index (χ1) is 11.0. The maximum absolute atomic E-state index is 12.0. The van der Waals surface area contributed by atoms with Crippen LogP contribution in [0.3, 0.4) is 0 Å². The molecular formula is C17H19N3O3. The van der Waals surface area contributed by atoms with Crippen molar-refractivity contribution in [2.45, 2.75) is 13.8 Å². The molecule has 0 spiro atoms. The maximum atomic E-state index is 12.0. The quantitative estimate of drug-likeness (QED) is 0.597. The minimum Gasteiger partial charge on any atom is -0.492 e. The summed E-state index contributed by atoms with van der Waals surface area (Å²) >= 11 is 0. The Balaban J connectivity index is 2.07. The zero-order valence-corrected chi connectivity index (χ0v) is 13.1. The fourth-order valence-electron chi connectivity index (χ4n) is 2.01. The van der Waals surface area contributed by atoms with Crippen molar-refractivity contribution in [3.63, 3.8) is 0 Å². The average Bonchev–Trinajstić information content (AvgIpc) is 2.52. The SMILES string of the molecule is CCOc1ccccc1NC(=O)C(=O)Nc1ccc(C)cc1N. The van der Waals surface area contributed by atoms with Crippen molar-refractivity contribution in [3.8, 4) is 5.75 Å². The molecule has 23 heavy (non-hydrogen) atoms. The molecule has 0 fully saturated rings. The van der Waals surface area contributed by atoms with Gasteiger partial charge in [0.2, 0.25) is 0 Å². The number of ether oxygens (including phenoxy) is 1. The van der Waals surface area contributed by atoms with E-state index in [0.717, 1.165) is 5.56 Å². The summed E-state index contributed by atoms with van der Waals surface area (Å²) in [5.41, 5.74) is 8.02. The van der Waals surface area contributed by atoms with Crippen molar-refractivity contribution in [3.05, 3.63) is 48.0 Å². The van der Waals surface area contributed by atoms with Gasteiger partial charge in [-0.25, -0.2) is 0 Å². The Kier molecular flexibility index (Phi) is 5.19. The van der Waals surface area contributed by atoms with Crippen molar-refractivity contribution >= 4 is 28.9 Å². The van der Waals surface area contributed by atoms with Gasteiger partial charge in [-0.2, -0.15) is 0 Å². The normalized spacial score (nSPS) is 10.0. The number of aryl methyl sites for hydroxylation is 1. The molecule has 4 N–H and O–H groups in total. The zero-order valence-electron chi connectivity index (χ0n) is 13.1. The molecule has 0 atom stereocenters. The first kappa shape index (κ1) is 16.4. The summed E-state index contributed by atoms with van der Waals surface area (Å²) in [6.45, 7) is 4.18. The van der Waals surface area contributed by atoms with Crippen LogP contribution in [0.5, 0.6) is 5.75 Å². The van der Waals surface area contributed by atoms with Gasteiger partial charge in [0.05, 0.1) is 23.7 Å². The van der Waals surface area contributed by atoms with E-state index in [-0.39, 0.29) is 0 Å². The minimum absolute atomic E-state index is 0.397. The predicted molar refractivity (Wildman–Crippen MR) is 90.5 cm³/mol. The minimum atomic E-state index is -0.799. The molecular weight excluding hydrogens is 294 g/mol. The summed E-state index contributed by atoms with van der Waals surface area (Å²) in [6.07, 6.45) is 0. The Hall–Kier alpha value is -3.02. The van der Waals surface area contributed by atoms with Crippen LogP contribution in [0.15, 0.2) is 42.5 Å². The number of carbonyl (C=O) groups is 2. The molecule has 2 aromatic rings. The number of nitrogen functional groups attached to an aromatic ring is 1. The van der Waals surface area contributed by atoms with E-state index in [1.165, 1.54) is 0 Å². The number of nitrogens with two attached hydrogens (primary N) is 1. The second-order valence-electron chi connectivity index (χ2n) is 4.93. The van der Waals surface area contributed by atoms with Gasteiger partial charge in [-0.15, -0.1) is 0 Å². The van der Waals surface area contributed by atoms with E-state index in [0.29, 0.717) is 29.4 Å². The molecule has 2 rings (SSSR count). The molecule has 0 aliphatic heterocycles. The van der Waals surface area contributed by atoms with Crippen molar-refractivity contribution in [2.75, 3.05) is 23.0 Å². The molecule has 0 saturated heterocycles. The third-order valence-corrected chi connectivity index (χ3v) is 3.10. The van der Waals surface area contributed by atoms with Gasteiger partial charge < -0.3 is 21.1 Å². The highest BCUT2D eigenvalue weighted by Crippen LogP contribution is 2.24. The van der Waals surface area contributed by atoms with Crippen LogP contribution in [0.2, 0.25) is 0 Å². The van der Waals surface area contributed by atoms with Crippen molar-refractivity contribution in [1.82, 2.24) is 0 Å². The van der Waals surface area contributed by atoms with Crippen LogP contribution in [0.1, 0.15) is 12.5 Å². The Morgan fingerprint density at radius 1 is 1.04 bits per heavy atom. The third kappa shape index (κ3) is 4.23. The third-order valence-electron chi connectivity index (χ3n) is 3.10. The van der Waals surface area contributed by atoms with Gasteiger partial charge in [-0.3, -0.25) is 9.59 Å². The summed E-state index contributed by atoms with van der Waals surface area (Å²) < 4.78 is 5.40. The van der Waals surface area contributed by atoms with Gasteiger partial charge in [0.15, 0.2) is 0 Å². The van der Waals surface area contributed by atoms with Crippen LogP contribution >= 0.6 is 0 Å². The van der Waals surface area contributed by atoms with Crippen LogP contribution in [0.4, 0.5) is 17.1 Å². The second kappa shape index (κ2) is 7.31. The Labute approximate surface area is 134 Å². The lowest BCUT2D eigenvalue weighted by molar-refractivity contribution is -0.133. The van der Waals surface area contributed by atoms with E-state index >= 15 is 0 Å². The Morgan fingerprint density at radius 2 is 1.70 bits per heavy atom. The second-order valence-corrected chi connectivity index (χ2v) is 4.93. The fraction of sp³-hybridized carbons (Fsp3) is 0.176. The highest BCUT2D eigenvalue weighted by Gasteiger charge is 2.16. The van der Waals surface area contributed by atoms with Gasteiger partial charge in [0.1, 0.15) is 5.75 Å². The number of amides is 2. The molecule has 0 unspecified atom stereocenters. The average molecular weight is 313 g/mol. The largest absolute Gasteiger partial charge is 0.492 e. The first-order valence-corrected chi connectivity index (χ1v) is 7.21. The molecule has 2 amide bonds. The summed E-state index contributed by atoms with van der Waals surface area (Å²) in [6, 6.07) is 12.1. The van der Waals surface area contributed by atoms with Crippen LogP contribution in [0.25, 0.3) is 0 Å². The first-order valence-electron chi connectivity index (χ1n) is 7.21. The van der Waals surface area contributed by atoms with E-state index in [2.05, 4.69) is 10.6 Å². The van der Waals surface area contributed by atoms with Crippen LogP contribution in [-0.4, -0.2) is 18.4 Å². The van der Waals surface area contributed by atoms with E-state index in [9.17, 15) is 9.59 Å². The van der Waals surface area contributed by atoms with Gasteiger partial charge in [-0.05, 0) is 43.7 Å². The molecule has 0 saturated carbocycles. The monoisotopic (exact) mass is 313 g/mol. The fourth-order valence-corrected chi connectivity index (χ4v) is 2.01. The van der Waals surface area contributed by atoms with Gasteiger partial charge in [0.25, 0.3) is 0 Å². The topological polar surface area (TPSA) is 93.4 Å². The molecule has 0 bridgehead atoms. The van der Waals surface area contributed by atoms with Gasteiger partial charge >= 0.3 is 11.8 Å². The smallest absolute Gasteiger partial charge is 0.314 e. The summed E-state index contributed by atoms with van der Waals surface area (Å²) in [5, 5.41) is 5.02. The molecule has 6 nitrogen and oxygen atoms in total. The molecule has 0 aromatic heterocycles. The predicted octanol–water partition coefficient (Wildman–Crippen LogP) is 2.55. The van der Waals surface area contributed by atoms with Gasteiger partial charge in [0, 0.05) is 0 Å². The Morgan fingerprint density at radius 3 is 2.35 bits per heavy atom. The number of anilines is 3. The van der Waals surface area contributed by atoms with E-state index in [1.807, 2.05) is 13.8 Å². The molecule has 0 aliphatic rings. The molecule has 0 heterocycles. The number of benzene rings is 2. The van der Waals surface area contributed by atoms with Crippen LogP contribution < -0.4 is 21.1 Å². The van der Waals surface area contributed by atoms with E-state index in [1.54, 1.807) is 42.5 Å². The lowest BCUT2D eigenvalue weighted by Crippen LogP contribution is -2.29. The standard InChI is InChI=1S/C17H19N3O3/c1-3-23-15-7-5-4-6-14(15)20-17(22)16(21)19-13-9-8-11(2)10-12(13)18/h4-10H,3,18H2,1-2H3,(H,19,21)(H,20,22). The summed E-state index contributed by atoms with van der Waals surface area (Å²) in [5.74, 6) is -1.09. The van der Waals surface area contributed by atoms with Crippen molar-refractivity contribution in [1.29, 1.82) is 0 Å². The lowest BCUT2D eigenvalue weighted by atomic mass is 10.2. The highest BCUT2D eigenvalue weighted by molar-refractivity contribution is 6.44. The van der Waals surface area contributed by atoms with Gasteiger partial charge in [-0.1, -0.05) is 18.2 Å². The number of hydrogen-bond donors (Lipinski definition) is 3. The molecule has 0 radical (unpaired) electrons. The van der Waals surface area contributed by atoms with E-state index < -0.39 is 11.8 Å². The highest BCUT2D eigenvalue weighted by atomic mass is 16.5. The number of para-hydroxylation sites is 2. The van der Waals surface area contributed by atoms with Crippen LogP contribution in [-0.2, 0) is 9.59 Å². The van der Waals surface area contributed by atoms with Crippen molar-refractivity contribution in [2.24, 2.45) is 0 Å². The molecule has 6 heteroatoms. The van der Waals surface area contributed by atoms with E-state index in [4.69, 9.17) is 10.5 Å². The number of rotatable bonds is 4. The number of hydrogen-bond acceptors (Lipinski definition) is 4. The molecule has 120 valence electrons. The molecule has 2 aromatic carbocycles. The number of carbonyl (C=O) groups excluding carboxylic acids is 2. The molecule has 0 aliphatic carbocycles. The van der Waals surface area contributed by atoms with Crippen molar-refractivity contribution < 1.29 is 14.3 Å². The Bertz CT molecular complexity index is 729. The maximum Gasteiger partial charge on any atom is 0.314 e. The summed E-state index contributed by atoms with van der Waals surface area (Å²) in [7, 11) is 0.